The molecule has 0 bridgehead atoms. The highest BCUT2D eigenvalue weighted by molar-refractivity contribution is 5.94. The Kier molecular flexibility index (Phi) is 5.04. The Hall–Kier alpha value is -3.08. The van der Waals surface area contributed by atoms with Crippen LogP contribution in [0.3, 0.4) is 0 Å². The molecule has 0 saturated heterocycles. The number of carboxylic acid groups (broad SMARTS) is 1. The van der Waals surface area contributed by atoms with Crippen LogP contribution in [-0.4, -0.2) is 22.7 Å². The van der Waals surface area contributed by atoms with Crippen molar-refractivity contribution in [2.75, 3.05) is 11.9 Å². The molecule has 5 heteroatoms. The van der Waals surface area contributed by atoms with Gasteiger partial charge in [-0.1, -0.05) is 30.3 Å². The summed E-state index contributed by atoms with van der Waals surface area (Å²) in [5.74, 6) is -1.20. The lowest BCUT2D eigenvalue weighted by molar-refractivity contribution is 0.0694. The fourth-order valence-corrected chi connectivity index (χ4v) is 3.43. The first-order valence-corrected chi connectivity index (χ1v) is 8.97. The van der Waals surface area contributed by atoms with E-state index in [1.807, 2.05) is 56.7 Å². The van der Waals surface area contributed by atoms with Gasteiger partial charge in [0.2, 0.25) is 5.43 Å². The zero-order chi connectivity index (χ0) is 19.7. The molecule has 0 amide bonds. The first kappa shape index (κ1) is 18.7. The molecule has 140 valence electrons. The molecule has 1 N–H and O–H groups in total. The summed E-state index contributed by atoms with van der Waals surface area (Å²) in [6.07, 6.45) is 1.45. The first-order chi connectivity index (χ1) is 12.8. The van der Waals surface area contributed by atoms with Gasteiger partial charge in [-0.3, -0.25) is 4.79 Å². The third-order valence-corrected chi connectivity index (χ3v) is 4.81. The number of rotatable bonds is 5. The molecule has 0 saturated carbocycles. The van der Waals surface area contributed by atoms with Crippen molar-refractivity contribution in [3.05, 3.63) is 75.6 Å². The smallest absolute Gasteiger partial charge is 0.341 e. The predicted molar refractivity (Wildman–Crippen MR) is 109 cm³/mol. The molecule has 0 aliphatic heterocycles. The minimum Gasteiger partial charge on any atom is -0.477 e. The molecule has 3 rings (SSSR count). The lowest BCUT2D eigenvalue weighted by Crippen LogP contribution is -2.22. The number of aromatic carboxylic acids is 1. The van der Waals surface area contributed by atoms with Crippen LogP contribution in [0.15, 0.2) is 53.5 Å². The van der Waals surface area contributed by atoms with Crippen molar-refractivity contribution < 1.29 is 9.90 Å². The molecule has 0 unspecified atom stereocenters. The summed E-state index contributed by atoms with van der Waals surface area (Å²) in [6.45, 7) is 6.64. The van der Waals surface area contributed by atoms with Gasteiger partial charge < -0.3 is 14.6 Å². The minimum absolute atomic E-state index is 0.0289. The number of hydrogen-bond donors (Lipinski definition) is 1. The summed E-state index contributed by atoms with van der Waals surface area (Å²) in [5.41, 5.74) is 3.28. The van der Waals surface area contributed by atoms with Gasteiger partial charge in [0.1, 0.15) is 5.56 Å². The van der Waals surface area contributed by atoms with Gasteiger partial charge in [0.05, 0.1) is 5.52 Å². The van der Waals surface area contributed by atoms with E-state index < -0.39 is 11.4 Å². The maximum absolute atomic E-state index is 12.7. The molecule has 0 aliphatic carbocycles. The van der Waals surface area contributed by atoms with E-state index in [1.54, 1.807) is 6.07 Å². The third kappa shape index (κ3) is 3.58. The number of hydrogen-bond acceptors (Lipinski definition) is 3. The molecule has 0 fully saturated rings. The minimum atomic E-state index is -1.20. The van der Waals surface area contributed by atoms with Gasteiger partial charge in [0.25, 0.3) is 0 Å². The van der Waals surface area contributed by atoms with Crippen molar-refractivity contribution in [2.24, 2.45) is 0 Å². The van der Waals surface area contributed by atoms with Crippen molar-refractivity contribution in [1.29, 1.82) is 0 Å². The number of anilines is 1. The number of aryl methyl sites for hydroxylation is 1. The van der Waals surface area contributed by atoms with E-state index in [0.717, 1.165) is 23.3 Å². The summed E-state index contributed by atoms with van der Waals surface area (Å²) < 4.78 is 1.86. The predicted octanol–water partition coefficient (Wildman–Crippen LogP) is 4.23. The van der Waals surface area contributed by atoms with Crippen LogP contribution in [-0.2, 0) is 6.54 Å². The fourth-order valence-electron chi connectivity index (χ4n) is 3.43. The zero-order valence-electron chi connectivity index (χ0n) is 16.1. The summed E-state index contributed by atoms with van der Waals surface area (Å²) in [5, 5.41) is 9.83. The monoisotopic (exact) mass is 364 g/mol. The Morgan fingerprint density at radius 3 is 2.44 bits per heavy atom. The molecule has 0 spiro atoms. The number of benzene rings is 2. The van der Waals surface area contributed by atoms with Gasteiger partial charge in [0, 0.05) is 36.9 Å². The van der Waals surface area contributed by atoms with E-state index in [9.17, 15) is 14.7 Å². The van der Waals surface area contributed by atoms with Gasteiger partial charge in [-0.15, -0.1) is 0 Å². The molecule has 3 aromatic rings. The van der Waals surface area contributed by atoms with Crippen molar-refractivity contribution in [3.8, 4) is 0 Å². The maximum Gasteiger partial charge on any atom is 0.341 e. The molecule has 5 nitrogen and oxygen atoms in total. The Balaban J connectivity index is 2.18. The summed E-state index contributed by atoms with van der Waals surface area (Å²) in [6, 6.07) is 14.0. The van der Waals surface area contributed by atoms with Crippen LogP contribution in [0.25, 0.3) is 10.9 Å². The second-order valence-corrected chi connectivity index (χ2v) is 7.18. The number of nitrogens with zero attached hydrogens (tertiary/aromatic N) is 2. The van der Waals surface area contributed by atoms with Crippen LogP contribution < -0.4 is 10.3 Å². The van der Waals surface area contributed by atoms with Crippen LogP contribution in [0.5, 0.6) is 0 Å². The Morgan fingerprint density at radius 1 is 1.19 bits per heavy atom. The summed E-state index contributed by atoms with van der Waals surface area (Å²) in [7, 11) is 2.02. The second-order valence-electron chi connectivity index (χ2n) is 7.18. The average molecular weight is 364 g/mol. The third-order valence-electron chi connectivity index (χ3n) is 4.81. The standard InChI is InChI=1S/C22H24N2O3/c1-14(2)24-13-18(22(26)27)21(25)17-10-15(3)19(11-20(17)24)23(4)12-16-8-6-5-7-9-16/h5-11,13-14H,12H2,1-4H3,(H,26,27). The summed E-state index contributed by atoms with van der Waals surface area (Å²) >= 11 is 0. The number of carbonyl (C=O) groups is 1. The van der Waals surface area contributed by atoms with E-state index in [0.29, 0.717) is 5.39 Å². The number of pyridine rings is 1. The number of aromatic nitrogens is 1. The Bertz CT molecular complexity index is 1050. The molecule has 2 aromatic carbocycles. The number of carboxylic acids is 1. The van der Waals surface area contributed by atoms with Gasteiger partial charge in [-0.25, -0.2) is 4.79 Å². The Labute approximate surface area is 158 Å². The van der Waals surface area contributed by atoms with Crippen LogP contribution in [0, 0.1) is 6.92 Å². The maximum atomic E-state index is 12.7. The lowest BCUT2D eigenvalue weighted by atomic mass is 10.0. The Morgan fingerprint density at radius 2 is 1.85 bits per heavy atom. The average Bonchev–Trinajstić information content (AvgIpc) is 2.62. The van der Waals surface area contributed by atoms with Crippen molar-refractivity contribution in [1.82, 2.24) is 4.57 Å². The highest BCUT2D eigenvalue weighted by Gasteiger charge is 2.18. The second kappa shape index (κ2) is 7.27. The molecule has 1 aromatic heterocycles. The molecule has 0 radical (unpaired) electrons. The normalized spacial score (nSPS) is 11.1. The fraction of sp³-hybridized carbons (Fsp3) is 0.273. The van der Waals surface area contributed by atoms with Crippen molar-refractivity contribution in [3.63, 3.8) is 0 Å². The van der Waals surface area contributed by atoms with Gasteiger partial charge in [-0.2, -0.15) is 0 Å². The lowest BCUT2D eigenvalue weighted by Gasteiger charge is -2.24. The molecule has 1 heterocycles. The van der Waals surface area contributed by atoms with Crippen molar-refractivity contribution >= 4 is 22.6 Å². The van der Waals surface area contributed by atoms with Crippen LogP contribution >= 0.6 is 0 Å². The topological polar surface area (TPSA) is 62.5 Å². The summed E-state index contributed by atoms with van der Waals surface area (Å²) in [4.78, 5) is 26.3. The highest BCUT2D eigenvalue weighted by Crippen LogP contribution is 2.27. The molecular weight excluding hydrogens is 340 g/mol. The van der Waals surface area contributed by atoms with Crippen LogP contribution in [0.1, 0.15) is 41.4 Å². The molecule has 0 aliphatic rings. The van der Waals surface area contributed by atoms with E-state index in [2.05, 4.69) is 17.0 Å². The number of fused-ring (bicyclic) bond motifs is 1. The van der Waals surface area contributed by atoms with E-state index in [4.69, 9.17) is 0 Å². The van der Waals surface area contributed by atoms with E-state index >= 15 is 0 Å². The largest absolute Gasteiger partial charge is 0.477 e. The van der Waals surface area contributed by atoms with Gasteiger partial charge in [-0.05, 0) is 44.0 Å². The SMILES string of the molecule is Cc1cc2c(=O)c(C(=O)O)cn(C(C)C)c2cc1N(C)Cc1ccccc1. The van der Waals surface area contributed by atoms with Gasteiger partial charge >= 0.3 is 5.97 Å². The molecule has 27 heavy (non-hydrogen) atoms. The van der Waals surface area contributed by atoms with E-state index in [1.165, 1.54) is 11.8 Å². The van der Waals surface area contributed by atoms with Gasteiger partial charge in [0.15, 0.2) is 0 Å². The quantitative estimate of drug-likeness (QED) is 0.736. The molecule has 0 atom stereocenters. The van der Waals surface area contributed by atoms with Crippen molar-refractivity contribution in [2.45, 2.75) is 33.4 Å². The first-order valence-electron chi connectivity index (χ1n) is 8.97. The van der Waals surface area contributed by atoms with E-state index in [-0.39, 0.29) is 11.6 Å². The van der Waals surface area contributed by atoms with Crippen LogP contribution in [0.2, 0.25) is 0 Å². The van der Waals surface area contributed by atoms with Crippen LogP contribution in [0.4, 0.5) is 5.69 Å². The zero-order valence-corrected chi connectivity index (χ0v) is 16.1. The molecular formula is C22H24N2O3. The highest BCUT2D eigenvalue weighted by atomic mass is 16.4.